The summed E-state index contributed by atoms with van der Waals surface area (Å²) in [6, 6.07) is 2.74. The van der Waals surface area contributed by atoms with Crippen molar-refractivity contribution in [3.05, 3.63) is 27.7 Å². The van der Waals surface area contributed by atoms with Crippen molar-refractivity contribution in [2.24, 2.45) is 0 Å². The molecule has 1 rings (SSSR count). The Morgan fingerprint density at radius 2 is 2.06 bits per heavy atom. The first-order valence-corrected chi connectivity index (χ1v) is 6.19. The second kappa shape index (κ2) is 6.89. The predicted molar refractivity (Wildman–Crippen MR) is 66.1 cm³/mol. The molecule has 0 aliphatic rings. The van der Waals surface area contributed by atoms with Crippen molar-refractivity contribution in [2.75, 3.05) is 7.11 Å². The molecule has 0 aromatic heterocycles. The summed E-state index contributed by atoms with van der Waals surface area (Å²) in [6.07, 6.45) is -0.0542. The minimum absolute atomic E-state index is 0.0391. The fourth-order valence-corrected chi connectivity index (χ4v) is 2.22. The third kappa shape index (κ3) is 4.10. The summed E-state index contributed by atoms with van der Waals surface area (Å²) in [6.45, 7) is -2.93. The van der Waals surface area contributed by atoms with Crippen LogP contribution in [0.15, 0.2) is 16.6 Å². The molecule has 0 N–H and O–H groups in total. The van der Waals surface area contributed by atoms with Gasteiger partial charge in [-0.25, -0.2) is 0 Å². The van der Waals surface area contributed by atoms with Crippen LogP contribution in [-0.4, -0.2) is 19.7 Å². The molecule has 7 heteroatoms. The van der Waals surface area contributed by atoms with Gasteiger partial charge >= 0.3 is 12.6 Å². The van der Waals surface area contributed by atoms with Crippen LogP contribution in [-0.2, 0) is 21.8 Å². The third-order valence-electron chi connectivity index (χ3n) is 2.13. The molecule has 100 valence electrons. The quantitative estimate of drug-likeness (QED) is 0.606. The van der Waals surface area contributed by atoms with Crippen LogP contribution in [0.25, 0.3) is 0 Å². The number of rotatable bonds is 5. The summed E-state index contributed by atoms with van der Waals surface area (Å²) in [4.78, 5) is 11.2. The molecule has 0 aliphatic carbocycles. The minimum atomic E-state index is -2.93. The van der Waals surface area contributed by atoms with Gasteiger partial charge in [0.25, 0.3) is 0 Å². The molecule has 1 aromatic rings. The summed E-state index contributed by atoms with van der Waals surface area (Å²) < 4.78 is 33.7. The standard InChI is InChI=1S/C11H10BrClF2O3/c1-17-9(16)4-6-2-8(18-11(14)15)3-7(5-13)10(6)12/h2-3,11H,4-5H2,1H3. The molecular formula is C11H10BrClF2O3. The van der Waals surface area contributed by atoms with Crippen molar-refractivity contribution in [3.63, 3.8) is 0 Å². The number of halogens is 4. The number of hydrogen-bond acceptors (Lipinski definition) is 3. The molecule has 0 bridgehead atoms. The molecule has 0 saturated carbocycles. The highest BCUT2D eigenvalue weighted by Crippen LogP contribution is 2.30. The zero-order valence-corrected chi connectivity index (χ0v) is 11.7. The predicted octanol–water partition coefficient (Wildman–Crippen LogP) is 3.50. The highest BCUT2D eigenvalue weighted by atomic mass is 79.9. The first-order valence-electron chi connectivity index (χ1n) is 4.86. The van der Waals surface area contributed by atoms with Gasteiger partial charge < -0.3 is 9.47 Å². The normalized spacial score (nSPS) is 10.6. The van der Waals surface area contributed by atoms with Gasteiger partial charge in [0.05, 0.1) is 13.5 Å². The van der Waals surface area contributed by atoms with E-state index in [1.807, 2.05) is 0 Å². The van der Waals surface area contributed by atoms with Crippen LogP contribution in [0, 0.1) is 0 Å². The van der Waals surface area contributed by atoms with Crippen LogP contribution < -0.4 is 4.74 Å². The Morgan fingerprint density at radius 1 is 1.44 bits per heavy atom. The number of methoxy groups -OCH3 is 1. The molecule has 3 nitrogen and oxygen atoms in total. The summed E-state index contributed by atoms with van der Waals surface area (Å²) in [5.74, 6) is -0.414. The molecule has 0 amide bonds. The second-order valence-corrected chi connectivity index (χ2v) is 4.38. The summed E-state index contributed by atoms with van der Waals surface area (Å²) >= 11 is 8.96. The lowest BCUT2D eigenvalue weighted by Crippen LogP contribution is -2.08. The van der Waals surface area contributed by atoms with Gasteiger partial charge in [-0.1, -0.05) is 15.9 Å². The van der Waals surface area contributed by atoms with Crippen molar-refractivity contribution in [1.82, 2.24) is 0 Å². The Balaban J connectivity index is 3.10. The third-order valence-corrected chi connectivity index (χ3v) is 3.43. The largest absolute Gasteiger partial charge is 0.469 e. The van der Waals surface area contributed by atoms with Gasteiger partial charge in [0.1, 0.15) is 5.75 Å². The summed E-state index contributed by atoms with van der Waals surface area (Å²) in [7, 11) is 1.25. The van der Waals surface area contributed by atoms with Crippen LogP contribution >= 0.6 is 27.5 Å². The molecule has 0 aliphatic heterocycles. The van der Waals surface area contributed by atoms with E-state index in [4.69, 9.17) is 11.6 Å². The molecular weight excluding hydrogens is 333 g/mol. The maximum atomic E-state index is 12.2. The average Bonchev–Trinajstić information content (AvgIpc) is 2.32. The Morgan fingerprint density at radius 3 is 2.56 bits per heavy atom. The van der Waals surface area contributed by atoms with E-state index in [9.17, 15) is 13.6 Å². The molecule has 0 radical (unpaired) electrons. The highest BCUT2D eigenvalue weighted by Gasteiger charge is 2.14. The molecule has 18 heavy (non-hydrogen) atoms. The lowest BCUT2D eigenvalue weighted by molar-refractivity contribution is -0.139. The Hall–Kier alpha value is -0.880. The van der Waals surface area contributed by atoms with E-state index in [-0.39, 0.29) is 18.1 Å². The van der Waals surface area contributed by atoms with Gasteiger partial charge in [0.2, 0.25) is 0 Å². The fourth-order valence-electron chi connectivity index (χ4n) is 1.34. The summed E-state index contributed by atoms with van der Waals surface area (Å²) in [5.41, 5.74) is 1.05. The van der Waals surface area contributed by atoms with E-state index in [2.05, 4.69) is 25.4 Å². The van der Waals surface area contributed by atoms with Gasteiger partial charge in [0, 0.05) is 10.4 Å². The zero-order valence-electron chi connectivity index (χ0n) is 9.38. The number of ether oxygens (including phenoxy) is 2. The Bertz CT molecular complexity index is 441. The van der Waals surface area contributed by atoms with Crippen LogP contribution in [0.2, 0.25) is 0 Å². The molecule has 0 fully saturated rings. The number of esters is 1. The van der Waals surface area contributed by atoms with Crippen molar-refractivity contribution in [3.8, 4) is 5.75 Å². The maximum Gasteiger partial charge on any atom is 0.387 e. The first kappa shape index (κ1) is 15.2. The van der Waals surface area contributed by atoms with E-state index in [1.54, 1.807) is 0 Å². The Kier molecular flexibility index (Phi) is 5.81. The van der Waals surface area contributed by atoms with Crippen molar-refractivity contribution in [2.45, 2.75) is 18.9 Å². The van der Waals surface area contributed by atoms with Crippen LogP contribution in [0.1, 0.15) is 11.1 Å². The molecule has 0 atom stereocenters. The van der Waals surface area contributed by atoms with E-state index in [1.165, 1.54) is 19.2 Å². The highest BCUT2D eigenvalue weighted by molar-refractivity contribution is 9.10. The molecule has 1 aromatic carbocycles. The van der Waals surface area contributed by atoms with E-state index in [0.717, 1.165) is 0 Å². The van der Waals surface area contributed by atoms with Crippen molar-refractivity contribution in [1.29, 1.82) is 0 Å². The topological polar surface area (TPSA) is 35.5 Å². The van der Waals surface area contributed by atoms with Crippen LogP contribution in [0.4, 0.5) is 8.78 Å². The maximum absolute atomic E-state index is 12.2. The monoisotopic (exact) mass is 342 g/mol. The van der Waals surface area contributed by atoms with Gasteiger partial charge in [0.15, 0.2) is 0 Å². The molecule has 0 unspecified atom stereocenters. The number of carbonyl (C=O) groups excluding carboxylic acids is 1. The van der Waals surface area contributed by atoms with E-state index >= 15 is 0 Å². The lowest BCUT2D eigenvalue weighted by atomic mass is 10.1. The second-order valence-electron chi connectivity index (χ2n) is 3.32. The van der Waals surface area contributed by atoms with Gasteiger partial charge in [-0.15, -0.1) is 11.6 Å². The minimum Gasteiger partial charge on any atom is -0.469 e. The average molecular weight is 344 g/mol. The number of alkyl halides is 3. The van der Waals surface area contributed by atoms with E-state index in [0.29, 0.717) is 15.6 Å². The Labute approximate surface area is 116 Å². The molecule has 0 spiro atoms. The first-order chi connectivity index (χ1) is 8.47. The zero-order chi connectivity index (χ0) is 13.7. The van der Waals surface area contributed by atoms with Gasteiger partial charge in [-0.05, 0) is 23.3 Å². The van der Waals surface area contributed by atoms with Gasteiger partial charge in [-0.2, -0.15) is 8.78 Å². The van der Waals surface area contributed by atoms with Crippen LogP contribution in [0.5, 0.6) is 5.75 Å². The number of benzene rings is 1. The molecule has 0 saturated heterocycles. The van der Waals surface area contributed by atoms with Crippen molar-refractivity contribution < 1.29 is 23.0 Å². The summed E-state index contributed by atoms with van der Waals surface area (Å²) in [5, 5.41) is 0. The van der Waals surface area contributed by atoms with Crippen molar-refractivity contribution >= 4 is 33.5 Å². The fraction of sp³-hybridized carbons (Fsp3) is 0.364. The van der Waals surface area contributed by atoms with Crippen LogP contribution in [0.3, 0.4) is 0 Å². The smallest absolute Gasteiger partial charge is 0.387 e. The molecule has 0 heterocycles. The lowest BCUT2D eigenvalue weighted by Gasteiger charge is -2.12. The SMILES string of the molecule is COC(=O)Cc1cc(OC(F)F)cc(CCl)c1Br. The van der Waals surface area contributed by atoms with E-state index < -0.39 is 12.6 Å². The number of carbonyl (C=O) groups is 1. The number of hydrogen-bond donors (Lipinski definition) is 0. The van der Waals surface area contributed by atoms with Gasteiger partial charge in [-0.3, -0.25) is 4.79 Å².